The van der Waals surface area contributed by atoms with Crippen LogP contribution in [0.5, 0.6) is 0 Å². The maximum atomic E-state index is 12.1. The Balaban J connectivity index is 1.95. The Morgan fingerprint density at radius 3 is 2.72 bits per heavy atom. The maximum absolute atomic E-state index is 12.1. The molecule has 1 aromatic rings. The molecule has 1 saturated carbocycles. The van der Waals surface area contributed by atoms with Crippen LogP contribution in [0.2, 0.25) is 5.02 Å². The first-order chi connectivity index (χ1) is 8.66. The van der Waals surface area contributed by atoms with Crippen molar-refractivity contribution in [1.82, 2.24) is 0 Å². The van der Waals surface area contributed by atoms with Crippen LogP contribution in [-0.4, -0.2) is 12.5 Å². The Bertz CT molecular complexity index is 428. The summed E-state index contributed by atoms with van der Waals surface area (Å²) >= 11 is 5.88. The van der Waals surface area contributed by atoms with E-state index in [0.29, 0.717) is 11.6 Å². The average Bonchev–Trinajstić information content (AvgIpc) is 2.86. The number of ether oxygens (including phenoxy) is 1. The molecule has 1 aromatic carbocycles. The van der Waals surface area contributed by atoms with Crippen molar-refractivity contribution in [3.8, 4) is 0 Å². The normalized spacial score (nSPS) is 17.7. The largest absolute Gasteiger partial charge is 0.460 e. The van der Waals surface area contributed by atoms with Crippen LogP contribution in [-0.2, 0) is 16.1 Å². The Hall–Kier alpha value is -1.06. The van der Waals surface area contributed by atoms with E-state index in [9.17, 15) is 4.79 Å². The van der Waals surface area contributed by atoms with E-state index in [-0.39, 0.29) is 12.6 Å². The molecule has 0 saturated heterocycles. The lowest BCUT2D eigenvalue weighted by molar-refractivity contribution is -0.156. The van der Waals surface area contributed by atoms with Gasteiger partial charge in [0.25, 0.3) is 0 Å². The highest BCUT2D eigenvalue weighted by Gasteiger charge is 2.41. The van der Waals surface area contributed by atoms with E-state index in [2.05, 4.69) is 0 Å². The highest BCUT2D eigenvalue weighted by Crippen LogP contribution is 2.38. The molecular formula is C14H18ClNO2. The summed E-state index contributed by atoms with van der Waals surface area (Å²) in [6, 6.07) is 7.34. The Morgan fingerprint density at radius 1 is 1.39 bits per heavy atom. The van der Waals surface area contributed by atoms with Crippen molar-refractivity contribution in [2.24, 2.45) is 11.1 Å². The zero-order valence-corrected chi connectivity index (χ0v) is 11.1. The Kier molecular flexibility index (Phi) is 4.25. The first kappa shape index (κ1) is 13.4. The van der Waals surface area contributed by atoms with E-state index >= 15 is 0 Å². The number of carbonyl (C=O) groups excluding carboxylic acids is 1. The molecule has 0 unspecified atom stereocenters. The third kappa shape index (κ3) is 2.85. The minimum Gasteiger partial charge on any atom is -0.460 e. The molecule has 1 fully saturated rings. The minimum atomic E-state index is -0.446. The lowest BCUT2D eigenvalue weighted by Gasteiger charge is -2.24. The molecule has 18 heavy (non-hydrogen) atoms. The lowest BCUT2D eigenvalue weighted by Crippen LogP contribution is -2.37. The first-order valence-corrected chi connectivity index (χ1v) is 6.66. The van der Waals surface area contributed by atoms with Crippen molar-refractivity contribution in [3.63, 3.8) is 0 Å². The van der Waals surface area contributed by atoms with Crippen LogP contribution in [0.25, 0.3) is 0 Å². The van der Waals surface area contributed by atoms with Gasteiger partial charge in [0.15, 0.2) is 0 Å². The summed E-state index contributed by atoms with van der Waals surface area (Å²) in [6.07, 6.45) is 3.81. The van der Waals surface area contributed by atoms with E-state index in [1.54, 1.807) is 12.1 Å². The van der Waals surface area contributed by atoms with Crippen molar-refractivity contribution in [3.05, 3.63) is 34.9 Å². The quantitative estimate of drug-likeness (QED) is 0.854. The molecule has 0 radical (unpaired) electrons. The fourth-order valence-electron chi connectivity index (χ4n) is 2.47. The summed E-state index contributed by atoms with van der Waals surface area (Å²) in [5.74, 6) is -0.164. The summed E-state index contributed by atoms with van der Waals surface area (Å²) in [5.41, 5.74) is 6.20. The summed E-state index contributed by atoms with van der Waals surface area (Å²) in [6.45, 7) is 0.641. The van der Waals surface area contributed by atoms with Crippen LogP contribution in [0.1, 0.15) is 31.2 Å². The fourth-order valence-corrected chi connectivity index (χ4v) is 2.68. The highest BCUT2D eigenvalue weighted by atomic mass is 35.5. The van der Waals surface area contributed by atoms with Crippen LogP contribution >= 0.6 is 11.6 Å². The van der Waals surface area contributed by atoms with Gasteiger partial charge in [-0.25, -0.2) is 0 Å². The van der Waals surface area contributed by atoms with Crippen molar-refractivity contribution in [2.75, 3.05) is 6.54 Å². The standard InChI is InChI=1S/C14H18ClNO2/c15-12-5-3-4-11(8-12)9-18-13(17)14(10-16)6-1-2-7-14/h3-5,8H,1-2,6-7,9-10,16H2. The third-order valence-corrected chi connectivity index (χ3v) is 3.88. The van der Waals surface area contributed by atoms with Gasteiger partial charge in [0.05, 0.1) is 5.41 Å². The smallest absolute Gasteiger partial charge is 0.313 e. The highest BCUT2D eigenvalue weighted by molar-refractivity contribution is 6.30. The second-order valence-corrected chi connectivity index (χ2v) is 5.33. The van der Waals surface area contributed by atoms with Crippen molar-refractivity contribution >= 4 is 17.6 Å². The van der Waals surface area contributed by atoms with E-state index in [0.717, 1.165) is 31.2 Å². The molecule has 0 atom stereocenters. The Labute approximate surface area is 112 Å². The van der Waals surface area contributed by atoms with Gasteiger partial charge in [0.1, 0.15) is 6.61 Å². The Morgan fingerprint density at radius 2 is 2.11 bits per heavy atom. The van der Waals surface area contributed by atoms with Crippen molar-refractivity contribution in [1.29, 1.82) is 0 Å². The monoisotopic (exact) mass is 267 g/mol. The molecule has 0 bridgehead atoms. The van der Waals surface area contributed by atoms with Gasteiger partial charge in [-0.3, -0.25) is 4.79 Å². The molecular weight excluding hydrogens is 250 g/mol. The van der Waals surface area contributed by atoms with Gasteiger partial charge in [-0.2, -0.15) is 0 Å². The lowest BCUT2D eigenvalue weighted by atomic mass is 9.86. The number of esters is 1. The molecule has 1 aliphatic rings. The zero-order valence-electron chi connectivity index (χ0n) is 10.3. The molecule has 0 aliphatic heterocycles. The number of benzene rings is 1. The molecule has 2 rings (SSSR count). The first-order valence-electron chi connectivity index (χ1n) is 6.28. The molecule has 0 amide bonds. The summed E-state index contributed by atoms with van der Waals surface area (Å²) in [5, 5.41) is 0.651. The number of nitrogens with two attached hydrogens (primary N) is 1. The van der Waals surface area contributed by atoms with Gasteiger partial charge >= 0.3 is 5.97 Å². The van der Waals surface area contributed by atoms with E-state index in [4.69, 9.17) is 22.1 Å². The molecule has 2 N–H and O–H groups in total. The molecule has 4 heteroatoms. The predicted octanol–water partition coefficient (Wildman–Crippen LogP) is 2.90. The average molecular weight is 268 g/mol. The van der Waals surface area contributed by atoms with Gasteiger partial charge in [0.2, 0.25) is 0 Å². The van der Waals surface area contributed by atoms with Gasteiger partial charge in [0, 0.05) is 11.6 Å². The zero-order chi connectivity index (χ0) is 13.0. The van der Waals surface area contributed by atoms with Gasteiger partial charge in [-0.05, 0) is 30.5 Å². The number of hydrogen-bond acceptors (Lipinski definition) is 3. The fraction of sp³-hybridized carbons (Fsp3) is 0.500. The van der Waals surface area contributed by atoms with Gasteiger partial charge in [-0.15, -0.1) is 0 Å². The molecule has 98 valence electrons. The third-order valence-electron chi connectivity index (χ3n) is 3.64. The maximum Gasteiger partial charge on any atom is 0.313 e. The topological polar surface area (TPSA) is 52.3 Å². The predicted molar refractivity (Wildman–Crippen MR) is 71.2 cm³/mol. The summed E-state index contributed by atoms with van der Waals surface area (Å²) in [7, 11) is 0. The summed E-state index contributed by atoms with van der Waals surface area (Å²) < 4.78 is 5.38. The minimum absolute atomic E-state index is 0.164. The van der Waals surface area contributed by atoms with Gasteiger partial charge < -0.3 is 10.5 Å². The molecule has 0 aromatic heterocycles. The van der Waals surface area contributed by atoms with Crippen molar-refractivity contribution < 1.29 is 9.53 Å². The number of hydrogen-bond donors (Lipinski definition) is 1. The van der Waals surface area contributed by atoms with E-state index in [1.807, 2.05) is 12.1 Å². The molecule has 1 aliphatic carbocycles. The van der Waals surface area contributed by atoms with Gasteiger partial charge in [-0.1, -0.05) is 36.6 Å². The molecule has 0 spiro atoms. The second kappa shape index (κ2) is 5.72. The second-order valence-electron chi connectivity index (χ2n) is 4.90. The number of rotatable bonds is 4. The van der Waals surface area contributed by atoms with E-state index in [1.165, 1.54) is 0 Å². The summed E-state index contributed by atoms with van der Waals surface area (Å²) in [4.78, 5) is 12.1. The molecule has 3 nitrogen and oxygen atoms in total. The number of carbonyl (C=O) groups is 1. The van der Waals surface area contributed by atoms with Crippen LogP contribution < -0.4 is 5.73 Å². The SMILES string of the molecule is NCC1(C(=O)OCc2cccc(Cl)c2)CCCC1. The molecule has 0 heterocycles. The van der Waals surface area contributed by atoms with Crippen LogP contribution in [0.4, 0.5) is 0 Å². The van der Waals surface area contributed by atoms with E-state index < -0.39 is 5.41 Å². The van der Waals surface area contributed by atoms with Crippen LogP contribution in [0.3, 0.4) is 0 Å². The van der Waals surface area contributed by atoms with Crippen LogP contribution in [0.15, 0.2) is 24.3 Å². The van der Waals surface area contributed by atoms with Crippen molar-refractivity contribution in [2.45, 2.75) is 32.3 Å². The number of halogens is 1. The van der Waals surface area contributed by atoms with Crippen LogP contribution in [0, 0.1) is 5.41 Å².